The van der Waals surface area contributed by atoms with E-state index in [-0.39, 0.29) is 25.1 Å². The van der Waals surface area contributed by atoms with E-state index in [2.05, 4.69) is 11.8 Å². The Morgan fingerprint density at radius 2 is 1.92 bits per heavy atom. The fourth-order valence-electron chi connectivity index (χ4n) is 3.61. The topological polar surface area (TPSA) is 64.8 Å². The fraction of sp³-hybridized carbons (Fsp3) is 0.632. The number of amides is 1. The first-order valence-corrected chi connectivity index (χ1v) is 9.05. The van der Waals surface area contributed by atoms with E-state index < -0.39 is 0 Å². The first-order valence-electron chi connectivity index (χ1n) is 9.05. The third-order valence-electron chi connectivity index (χ3n) is 5.13. The minimum atomic E-state index is 0. The molecule has 1 heterocycles. The Kier molecular flexibility index (Phi) is 7.38. The zero-order valence-corrected chi connectivity index (χ0v) is 15.7. The van der Waals surface area contributed by atoms with E-state index in [0.29, 0.717) is 25.6 Å². The van der Waals surface area contributed by atoms with Crippen molar-refractivity contribution in [2.75, 3.05) is 13.3 Å². The van der Waals surface area contributed by atoms with Crippen LogP contribution < -0.4 is 15.2 Å². The molecule has 1 aliphatic heterocycles. The van der Waals surface area contributed by atoms with Crippen LogP contribution in [0.15, 0.2) is 18.2 Å². The van der Waals surface area contributed by atoms with Crippen molar-refractivity contribution >= 4 is 18.3 Å². The highest BCUT2D eigenvalue weighted by Crippen LogP contribution is 2.34. The largest absolute Gasteiger partial charge is 0.454 e. The van der Waals surface area contributed by atoms with Gasteiger partial charge >= 0.3 is 0 Å². The minimum absolute atomic E-state index is 0. The summed E-state index contributed by atoms with van der Waals surface area (Å²) in [6.07, 6.45) is 5.88. The van der Waals surface area contributed by atoms with Crippen molar-refractivity contribution in [3.05, 3.63) is 23.8 Å². The third-order valence-corrected chi connectivity index (χ3v) is 5.13. The zero-order valence-electron chi connectivity index (χ0n) is 14.9. The van der Waals surface area contributed by atoms with Gasteiger partial charge in [0.2, 0.25) is 12.7 Å². The molecule has 1 fully saturated rings. The molecule has 0 atom stereocenters. The highest BCUT2D eigenvalue weighted by atomic mass is 35.5. The van der Waals surface area contributed by atoms with Crippen molar-refractivity contribution in [2.45, 2.75) is 58.0 Å². The Morgan fingerprint density at radius 3 is 2.64 bits per heavy atom. The van der Waals surface area contributed by atoms with E-state index in [1.54, 1.807) is 0 Å². The lowest BCUT2D eigenvalue weighted by molar-refractivity contribution is -0.135. The molecule has 0 unspecified atom stereocenters. The first-order chi connectivity index (χ1) is 11.7. The molecule has 0 aromatic heterocycles. The van der Waals surface area contributed by atoms with Gasteiger partial charge in [-0.05, 0) is 62.3 Å². The lowest BCUT2D eigenvalue weighted by atomic mass is 9.86. The number of carbonyl (C=O) groups is 1. The molecule has 0 radical (unpaired) electrons. The van der Waals surface area contributed by atoms with Crippen molar-refractivity contribution in [2.24, 2.45) is 11.7 Å². The van der Waals surface area contributed by atoms with Gasteiger partial charge in [0.25, 0.3) is 0 Å². The van der Waals surface area contributed by atoms with E-state index >= 15 is 0 Å². The van der Waals surface area contributed by atoms with Gasteiger partial charge in [-0.2, -0.15) is 0 Å². The number of nitrogens with zero attached hydrogens (tertiary/aromatic N) is 1. The van der Waals surface area contributed by atoms with Crippen molar-refractivity contribution in [3.63, 3.8) is 0 Å². The Morgan fingerprint density at radius 1 is 1.20 bits per heavy atom. The van der Waals surface area contributed by atoms with Crippen molar-refractivity contribution < 1.29 is 14.3 Å². The third kappa shape index (κ3) is 5.02. The van der Waals surface area contributed by atoms with Crippen LogP contribution in [0.25, 0.3) is 0 Å². The molecule has 1 aromatic carbocycles. The van der Waals surface area contributed by atoms with Gasteiger partial charge in [-0.15, -0.1) is 12.4 Å². The summed E-state index contributed by atoms with van der Waals surface area (Å²) in [5.41, 5.74) is 6.68. The molecule has 1 saturated carbocycles. The summed E-state index contributed by atoms with van der Waals surface area (Å²) in [5, 5.41) is 0. The smallest absolute Gasteiger partial charge is 0.231 e. The summed E-state index contributed by atoms with van der Waals surface area (Å²) in [7, 11) is 0. The monoisotopic (exact) mass is 368 g/mol. The molecule has 0 spiro atoms. The number of benzene rings is 1. The van der Waals surface area contributed by atoms with Crippen LogP contribution in [0.2, 0.25) is 0 Å². The average Bonchev–Trinajstić information content (AvgIpc) is 3.06. The van der Waals surface area contributed by atoms with Crippen LogP contribution in [0, 0.1) is 5.92 Å². The van der Waals surface area contributed by atoms with Crippen LogP contribution >= 0.6 is 12.4 Å². The van der Waals surface area contributed by atoms with Gasteiger partial charge in [-0.25, -0.2) is 0 Å². The molecule has 6 heteroatoms. The number of rotatable bonds is 6. The second kappa shape index (κ2) is 9.30. The number of nitrogens with two attached hydrogens (primary N) is 1. The van der Waals surface area contributed by atoms with E-state index in [1.165, 1.54) is 12.8 Å². The summed E-state index contributed by atoms with van der Waals surface area (Å²) >= 11 is 0. The van der Waals surface area contributed by atoms with Crippen LogP contribution in [-0.4, -0.2) is 30.2 Å². The van der Waals surface area contributed by atoms with Crippen molar-refractivity contribution in [1.82, 2.24) is 4.90 Å². The molecule has 0 saturated heterocycles. The van der Waals surface area contributed by atoms with E-state index in [1.807, 2.05) is 18.2 Å². The normalized spacial score (nSPS) is 21.5. The van der Waals surface area contributed by atoms with E-state index in [9.17, 15) is 4.79 Å². The SMILES string of the molecule is CC1CCC(N(Cc2ccc3c(c2)OCO3)C(=O)CCCN)CC1.Cl. The molecule has 5 nitrogen and oxygen atoms in total. The number of hydrogen-bond donors (Lipinski definition) is 1. The minimum Gasteiger partial charge on any atom is -0.454 e. The predicted octanol–water partition coefficient (Wildman–Crippen LogP) is 3.48. The summed E-state index contributed by atoms with van der Waals surface area (Å²) in [6, 6.07) is 6.30. The van der Waals surface area contributed by atoms with Crippen LogP contribution in [0.4, 0.5) is 0 Å². The summed E-state index contributed by atoms with van der Waals surface area (Å²) in [6.45, 7) is 3.78. The van der Waals surface area contributed by atoms with Gasteiger partial charge in [-0.1, -0.05) is 13.0 Å². The van der Waals surface area contributed by atoms with Crippen LogP contribution in [0.5, 0.6) is 11.5 Å². The number of ether oxygens (including phenoxy) is 2. The van der Waals surface area contributed by atoms with Crippen LogP contribution in [0.3, 0.4) is 0 Å². The van der Waals surface area contributed by atoms with Gasteiger partial charge in [0.05, 0.1) is 0 Å². The first kappa shape index (κ1) is 19.9. The molecule has 1 amide bonds. The fourth-order valence-corrected chi connectivity index (χ4v) is 3.61. The Bertz CT molecular complexity index is 574. The average molecular weight is 369 g/mol. The van der Waals surface area contributed by atoms with Crippen molar-refractivity contribution in [3.8, 4) is 11.5 Å². The molecular weight excluding hydrogens is 340 g/mol. The maximum Gasteiger partial charge on any atom is 0.231 e. The number of halogens is 1. The maximum absolute atomic E-state index is 12.7. The second-order valence-corrected chi connectivity index (χ2v) is 7.02. The molecule has 1 aliphatic carbocycles. The molecule has 2 aliphatic rings. The number of hydrogen-bond acceptors (Lipinski definition) is 4. The number of fused-ring (bicyclic) bond motifs is 1. The molecule has 3 rings (SSSR count). The molecular formula is C19H29ClN2O3. The quantitative estimate of drug-likeness (QED) is 0.834. The molecule has 0 bridgehead atoms. The molecule has 2 N–H and O–H groups in total. The summed E-state index contributed by atoms with van der Waals surface area (Å²) in [4.78, 5) is 14.8. The lowest BCUT2D eigenvalue weighted by Crippen LogP contribution is -2.41. The number of carbonyl (C=O) groups excluding carboxylic acids is 1. The molecule has 1 aromatic rings. The van der Waals surface area contributed by atoms with Gasteiger partial charge < -0.3 is 20.1 Å². The molecule has 25 heavy (non-hydrogen) atoms. The Hall–Kier alpha value is -1.46. The highest BCUT2D eigenvalue weighted by Gasteiger charge is 2.27. The highest BCUT2D eigenvalue weighted by molar-refractivity contribution is 5.85. The van der Waals surface area contributed by atoms with Crippen LogP contribution in [0.1, 0.15) is 51.0 Å². The van der Waals surface area contributed by atoms with E-state index in [4.69, 9.17) is 15.2 Å². The summed E-state index contributed by atoms with van der Waals surface area (Å²) < 4.78 is 10.8. The standard InChI is InChI=1S/C19H28N2O3.ClH/c1-14-4-7-16(8-5-14)21(19(22)3-2-10-20)12-15-6-9-17-18(11-15)24-13-23-17;/h6,9,11,14,16H,2-5,7-8,10,12-13,20H2,1H3;1H. The predicted molar refractivity (Wildman–Crippen MR) is 100 cm³/mol. The van der Waals surface area contributed by atoms with E-state index in [0.717, 1.165) is 42.2 Å². The Labute approximate surface area is 156 Å². The van der Waals surface area contributed by atoms with Gasteiger partial charge in [0.1, 0.15) is 0 Å². The summed E-state index contributed by atoms with van der Waals surface area (Å²) in [5.74, 6) is 2.55. The molecule has 140 valence electrons. The Balaban J connectivity index is 0.00000225. The van der Waals surface area contributed by atoms with Crippen LogP contribution in [-0.2, 0) is 11.3 Å². The maximum atomic E-state index is 12.7. The van der Waals surface area contributed by atoms with Gasteiger partial charge in [0, 0.05) is 19.0 Å². The second-order valence-electron chi connectivity index (χ2n) is 7.02. The lowest BCUT2D eigenvalue weighted by Gasteiger charge is -2.36. The van der Waals surface area contributed by atoms with Gasteiger partial charge in [-0.3, -0.25) is 4.79 Å². The van der Waals surface area contributed by atoms with Crippen molar-refractivity contribution in [1.29, 1.82) is 0 Å². The van der Waals surface area contributed by atoms with Gasteiger partial charge in [0.15, 0.2) is 11.5 Å². The zero-order chi connectivity index (χ0) is 16.9.